The quantitative estimate of drug-likeness (QED) is 0.800. The second-order valence-corrected chi connectivity index (χ2v) is 5.17. The van der Waals surface area contributed by atoms with Gasteiger partial charge in [0.1, 0.15) is 17.5 Å². The molecule has 3 rings (SSSR count). The van der Waals surface area contributed by atoms with Crippen molar-refractivity contribution in [3.05, 3.63) is 65.6 Å². The maximum absolute atomic E-state index is 10.5. The number of pyridine rings is 1. The van der Waals surface area contributed by atoms with E-state index in [0.717, 1.165) is 22.5 Å². The predicted molar refractivity (Wildman–Crippen MR) is 81.6 cm³/mol. The van der Waals surface area contributed by atoms with Gasteiger partial charge >= 0.3 is 0 Å². The molecule has 108 valence electrons. The molecule has 1 N–H and O–H groups in total. The Balaban J connectivity index is 1.89. The number of nitrogens with zero attached hydrogens (tertiary/aromatic N) is 2. The van der Waals surface area contributed by atoms with Crippen LogP contribution < -0.4 is 4.74 Å². The first-order valence-electron chi connectivity index (χ1n) is 6.92. The molecule has 2 heterocycles. The summed E-state index contributed by atoms with van der Waals surface area (Å²) in [5, 5.41) is 10.5. The Morgan fingerprint density at radius 2 is 2.14 bits per heavy atom. The van der Waals surface area contributed by atoms with Gasteiger partial charge in [-0.25, -0.2) is 4.98 Å². The van der Waals surface area contributed by atoms with Crippen LogP contribution in [0.5, 0.6) is 5.75 Å². The largest absolute Gasteiger partial charge is 0.496 e. The Hall–Kier alpha value is -2.33. The van der Waals surface area contributed by atoms with Crippen LogP contribution in [0.15, 0.2) is 48.8 Å². The minimum atomic E-state index is -0.652. The fourth-order valence-corrected chi connectivity index (χ4v) is 2.49. The first-order valence-corrected chi connectivity index (χ1v) is 6.92. The highest BCUT2D eigenvalue weighted by molar-refractivity contribution is 5.41. The van der Waals surface area contributed by atoms with Crippen LogP contribution in [0.1, 0.15) is 22.9 Å². The summed E-state index contributed by atoms with van der Waals surface area (Å²) < 4.78 is 7.27. The second kappa shape index (κ2) is 5.58. The lowest BCUT2D eigenvalue weighted by Gasteiger charge is -2.12. The van der Waals surface area contributed by atoms with Crippen LogP contribution >= 0.6 is 0 Å². The number of fused-ring (bicyclic) bond motifs is 1. The van der Waals surface area contributed by atoms with Crippen LogP contribution in [0, 0.1) is 6.92 Å². The van der Waals surface area contributed by atoms with Crippen LogP contribution in [-0.4, -0.2) is 21.6 Å². The zero-order valence-corrected chi connectivity index (χ0v) is 12.2. The molecule has 1 unspecified atom stereocenters. The maximum Gasteiger partial charge on any atom is 0.137 e. The maximum atomic E-state index is 10.5. The normalized spacial score (nSPS) is 12.5. The smallest absolute Gasteiger partial charge is 0.137 e. The van der Waals surface area contributed by atoms with Crippen molar-refractivity contribution in [3.8, 4) is 5.75 Å². The van der Waals surface area contributed by atoms with E-state index in [9.17, 15) is 5.11 Å². The third kappa shape index (κ3) is 2.76. The molecule has 3 aromatic rings. The molecule has 2 aromatic heterocycles. The van der Waals surface area contributed by atoms with Crippen LogP contribution in [0.2, 0.25) is 0 Å². The van der Waals surface area contributed by atoms with Crippen LogP contribution in [0.3, 0.4) is 0 Å². The molecule has 4 nitrogen and oxygen atoms in total. The number of rotatable bonds is 4. The van der Waals surface area contributed by atoms with Gasteiger partial charge in [-0.1, -0.05) is 23.8 Å². The number of methoxy groups -OCH3 is 1. The van der Waals surface area contributed by atoms with E-state index < -0.39 is 6.10 Å². The van der Waals surface area contributed by atoms with E-state index in [1.165, 1.54) is 0 Å². The lowest BCUT2D eigenvalue weighted by atomic mass is 10.0. The first-order chi connectivity index (χ1) is 10.2. The Labute approximate surface area is 123 Å². The second-order valence-electron chi connectivity index (χ2n) is 5.17. The van der Waals surface area contributed by atoms with E-state index >= 15 is 0 Å². The molecule has 0 fully saturated rings. The average Bonchev–Trinajstić information content (AvgIpc) is 2.91. The fourth-order valence-electron chi connectivity index (χ4n) is 2.49. The highest BCUT2D eigenvalue weighted by Gasteiger charge is 2.15. The molecule has 21 heavy (non-hydrogen) atoms. The molecule has 0 spiro atoms. The average molecular weight is 282 g/mol. The molecule has 0 amide bonds. The molecule has 0 bridgehead atoms. The fraction of sp³-hybridized carbons (Fsp3) is 0.235. The summed E-state index contributed by atoms with van der Waals surface area (Å²) in [6, 6.07) is 11.8. The van der Waals surface area contributed by atoms with E-state index in [0.29, 0.717) is 12.1 Å². The van der Waals surface area contributed by atoms with Crippen molar-refractivity contribution in [2.75, 3.05) is 7.11 Å². The molecule has 0 aliphatic carbocycles. The molecule has 0 saturated carbocycles. The standard InChI is InChI=1S/C17H18N2O2/c1-12-6-7-16(21-2)13(9-12)10-15(20)14-11-19-8-4-3-5-17(19)18-14/h3-9,11,15,20H,10H2,1-2H3. The number of hydrogen-bond acceptors (Lipinski definition) is 3. The SMILES string of the molecule is COc1ccc(C)cc1CC(O)c1cn2ccccc2n1. The number of imidazole rings is 1. The molecule has 4 heteroatoms. The minimum absolute atomic E-state index is 0.481. The molecule has 0 saturated heterocycles. The Kier molecular flexibility index (Phi) is 3.62. The number of benzene rings is 1. The minimum Gasteiger partial charge on any atom is -0.496 e. The number of aliphatic hydroxyl groups excluding tert-OH is 1. The topological polar surface area (TPSA) is 46.8 Å². The summed E-state index contributed by atoms with van der Waals surface area (Å²) in [5.74, 6) is 0.795. The van der Waals surface area contributed by atoms with E-state index in [2.05, 4.69) is 4.98 Å². The molecular weight excluding hydrogens is 264 g/mol. The summed E-state index contributed by atoms with van der Waals surface area (Å²) in [4.78, 5) is 4.46. The number of hydrogen-bond donors (Lipinski definition) is 1. The van der Waals surface area contributed by atoms with Crippen molar-refractivity contribution < 1.29 is 9.84 Å². The summed E-state index contributed by atoms with van der Waals surface area (Å²) in [7, 11) is 1.64. The third-order valence-electron chi connectivity index (χ3n) is 3.57. The van der Waals surface area contributed by atoms with Gasteiger partial charge in [-0.05, 0) is 30.7 Å². The van der Waals surface area contributed by atoms with Crippen LogP contribution in [0.25, 0.3) is 5.65 Å². The molecule has 0 radical (unpaired) electrons. The summed E-state index contributed by atoms with van der Waals surface area (Å²) in [6.07, 6.45) is 3.61. The lowest BCUT2D eigenvalue weighted by molar-refractivity contribution is 0.173. The number of aliphatic hydroxyl groups is 1. The van der Waals surface area contributed by atoms with E-state index in [4.69, 9.17) is 4.74 Å². The van der Waals surface area contributed by atoms with Gasteiger partial charge < -0.3 is 14.2 Å². The lowest BCUT2D eigenvalue weighted by Crippen LogP contribution is -2.04. The summed E-state index contributed by atoms with van der Waals surface area (Å²) >= 11 is 0. The number of aromatic nitrogens is 2. The van der Waals surface area contributed by atoms with Crippen molar-refractivity contribution in [3.63, 3.8) is 0 Å². The Morgan fingerprint density at radius 1 is 1.29 bits per heavy atom. The van der Waals surface area contributed by atoms with Gasteiger partial charge in [0, 0.05) is 18.8 Å². The van der Waals surface area contributed by atoms with Gasteiger partial charge in [-0.15, -0.1) is 0 Å². The van der Waals surface area contributed by atoms with Crippen molar-refractivity contribution in [1.82, 2.24) is 9.38 Å². The van der Waals surface area contributed by atoms with E-state index in [1.807, 2.05) is 60.1 Å². The van der Waals surface area contributed by atoms with Gasteiger partial charge in [0.25, 0.3) is 0 Å². The predicted octanol–water partition coefficient (Wildman–Crippen LogP) is 2.93. The molecule has 0 aliphatic rings. The number of ether oxygens (including phenoxy) is 1. The van der Waals surface area contributed by atoms with Gasteiger partial charge in [0.2, 0.25) is 0 Å². The summed E-state index contributed by atoms with van der Waals surface area (Å²) in [6.45, 7) is 2.03. The van der Waals surface area contributed by atoms with E-state index in [1.54, 1.807) is 7.11 Å². The molecular formula is C17H18N2O2. The van der Waals surface area contributed by atoms with Gasteiger partial charge in [0.15, 0.2) is 0 Å². The molecule has 1 atom stereocenters. The van der Waals surface area contributed by atoms with Crippen molar-refractivity contribution in [1.29, 1.82) is 0 Å². The monoisotopic (exact) mass is 282 g/mol. The Morgan fingerprint density at radius 3 is 2.90 bits per heavy atom. The van der Waals surface area contributed by atoms with Gasteiger partial charge in [-0.3, -0.25) is 0 Å². The zero-order chi connectivity index (χ0) is 14.8. The highest BCUT2D eigenvalue weighted by atomic mass is 16.5. The van der Waals surface area contributed by atoms with Crippen molar-refractivity contribution >= 4 is 5.65 Å². The first kappa shape index (κ1) is 13.6. The van der Waals surface area contributed by atoms with Crippen molar-refractivity contribution in [2.45, 2.75) is 19.4 Å². The molecule has 1 aromatic carbocycles. The molecule has 0 aliphatic heterocycles. The summed E-state index contributed by atoms with van der Waals surface area (Å²) in [5.41, 5.74) is 3.64. The number of aryl methyl sites for hydroxylation is 1. The van der Waals surface area contributed by atoms with Crippen LogP contribution in [-0.2, 0) is 6.42 Å². The van der Waals surface area contributed by atoms with Gasteiger partial charge in [-0.2, -0.15) is 0 Å². The highest BCUT2D eigenvalue weighted by Crippen LogP contribution is 2.26. The van der Waals surface area contributed by atoms with Crippen LogP contribution in [0.4, 0.5) is 0 Å². The Bertz CT molecular complexity index is 731. The zero-order valence-electron chi connectivity index (χ0n) is 12.2. The third-order valence-corrected chi connectivity index (χ3v) is 3.57. The van der Waals surface area contributed by atoms with E-state index in [-0.39, 0.29) is 0 Å². The van der Waals surface area contributed by atoms with Gasteiger partial charge in [0.05, 0.1) is 12.8 Å². The van der Waals surface area contributed by atoms with Crippen molar-refractivity contribution in [2.24, 2.45) is 0 Å².